The van der Waals surface area contributed by atoms with Crippen LogP contribution in [0.15, 0.2) is 12.2 Å². The number of aliphatic carboxylic acids is 1. The second-order valence-electron chi connectivity index (χ2n) is 6.82. The molecule has 0 aromatic heterocycles. The van der Waals surface area contributed by atoms with Crippen LogP contribution in [-0.4, -0.2) is 22.3 Å². The Morgan fingerprint density at radius 1 is 0.800 bits per heavy atom. The van der Waals surface area contributed by atoms with Crippen molar-refractivity contribution < 1.29 is 36.7 Å². The first-order valence-corrected chi connectivity index (χ1v) is 10.1. The summed E-state index contributed by atoms with van der Waals surface area (Å²) in [5, 5.41) is 16.6. The zero-order valence-corrected chi connectivity index (χ0v) is 18.5. The molecule has 4 heteroatoms. The summed E-state index contributed by atoms with van der Waals surface area (Å²) in [5.74, 6) is -0.664. The van der Waals surface area contributed by atoms with E-state index < -0.39 is 5.97 Å². The summed E-state index contributed by atoms with van der Waals surface area (Å²) in [5.41, 5.74) is 0. The van der Waals surface area contributed by atoms with Crippen LogP contribution in [-0.2, 0) is 26.5 Å². The van der Waals surface area contributed by atoms with E-state index >= 15 is 0 Å². The Hall–Kier alpha value is -0.116. The minimum atomic E-state index is -0.664. The monoisotopic (exact) mass is 390 g/mol. The number of unbranched alkanes of at least 4 members (excludes halogenated alkanes) is 11. The van der Waals surface area contributed by atoms with E-state index in [1.54, 1.807) is 13.8 Å². The molecular formula is C21H42O3Ti. The molecule has 0 rings (SSSR count). The van der Waals surface area contributed by atoms with Crippen molar-refractivity contribution in [2.75, 3.05) is 0 Å². The maximum Gasteiger partial charge on any atom is 0.303 e. The molecule has 0 aromatic rings. The Labute approximate surface area is 171 Å². The van der Waals surface area contributed by atoms with Crippen LogP contribution in [0.2, 0.25) is 0 Å². The smallest absolute Gasteiger partial charge is 0.303 e. The van der Waals surface area contributed by atoms with Gasteiger partial charge in [0.2, 0.25) is 0 Å². The molecule has 0 aromatic carbocycles. The molecule has 0 spiro atoms. The fraction of sp³-hybridized carbons (Fsp3) is 0.857. The summed E-state index contributed by atoms with van der Waals surface area (Å²) in [6.07, 6.45) is 21.1. The Kier molecular flexibility index (Phi) is 31.0. The number of aliphatic hydroxyl groups is 1. The van der Waals surface area contributed by atoms with Crippen molar-refractivity contribution in [2.45, 2.75) is 117 Å². The first-order valence-electron chi connectivity index (χ1n) is 10.1. The number of carboxylic acids is 1. The molecule has 0 amide bonds. The standard InChI is InChI=1S/C18H34O2.C3H8O.Ti/c1-2-3-4-5-6-7-8-9-10-11-12-13-14-15-16-17-18(19)20;1-3(2)4;/h9-10H,2-8,11-17H2,1H3,(H,19,20);3-4H,1-2H3;/b10-9-;;. The van der Waals surface area contributed by atoms with Crippen LogP contribution in [0.3, 0.4) is 0 Å². The van der Waals surface area contributed by atoms with Gasteiger partial charge < -0.3 is 10.2 Å². The summed E-state index contributed by atoms with van der Waals surface area (Å²) < 4.78 is 0. The molecule has 0 radical (unpaired) electrons. The maximum absolute atomic E-state index is 10.3. The van der Waals surface area contributed by atoms with Gasteiger partial charge in [0.15, 0.2) is 0 Å². The molecule has 2 N–H and O–H groups in total. The van der Waals surface area contributed by atoms with Gasteiger partial charge in [0.05, 0.1) is 0 Å². The molecule has 0 saturated heterocycles. The SMILES string of the molecule is CC(C)O.CCCCCCCC/C=C\CCCCCCCC(=O)O.[Ti]. The van der Waals surface area contributed by atoms with Gasteiger partial charge in [-0.05, 0) is 46.0 Å². The van der Waals surface area contributed by atoms with Crippen molar-refractivity contribution in [3.05, 3.63) is 12.2 Å². The third-order valence-electron chi connectivity index (χ3n) is 3.65. The van der Waals surface area contributed by atoms with Gasteiger partial charge in [0.25, 0.3) is 0 Å². The summed E-state index contributed by atoms with van der Waals surface area (Å²) in [6, 6.07) is 0. The van der Waals surface area contributed by atoms with Crippen molar-refractivity contribution in [1.82, 2.24) is 0 Å². The second-order valence-corrected chi connectivity index (χ2v) is 6.82. The molecule has 0 unspecified atom stereocenters. The third kappa shape index (κ3) is 40.1. The van der Waals surface area contributed by atoms with E-state index in [0.717, 1.165) is 12.8 Å². The van der Waals surface area contributed by atoms with E-state index in [1.807, 2.05) is 0 Å². The zero-order valence-electron chi connectivity index (χ0n) is 16.9. The number of rotatable bonds is 15. The van der Waals surface area contributed by atoms with Crippen molar-refractivity contribution in [3.63, 3.8) is 0 Å². The van der Waals surface area contributed by atoms with E-state index in [2.05, 4.69) is 19.1 Å². The van der Waals surface area contributed by atoms with Gasteiger partial charge in [0, 0.05) is 34.2 Å². The van der Waals surface area contributed by atoms with Crippen LogP contribution in [0.1, 0.15) is 111 Å². The van der Waals surface area contributed by atoms with Crippen LogP contribution >= 0.6 is 0 Å². The van der Waals surface area contributed by atoms with E-state index in [9.17, 15) is 4.79 Å². The Morgan fingerprint density at radius 3 is 1.56 bits per heavy atom. The minimum Gasteiger partial charge on any atom is -0.481 e. The van der Waals surface area contributed by atoms with Gasteiger partial charge in [-0.3, -0.25) is 4.79 Å². The van der Waals surface area contributed by atoms with Gasteiger partial charge in [-0.2, -0.15) is 0 Å². The Bertz CT molecular complexity index is 276. The van der Waals surface area contributed by atoms with Crippen molar-refractivity contribution in [3.8, 4) is 0 Å². The maximum atomic E-state index is 10.3. The molecule has 0 fully saturated rings. The Balaban J connectivity index is -0.000000867. The van der Waals surface area contributed by atoms with Crippen LogP contribution in [0.25, 0.3) is 0 Å². The molecule has 0 aliphatic carbocycles. The average Bonchev–Trinajstić information content (AvgIpc) is 2.50. The molecular weight excluding hydrogens is 348 g/mol. The van der Waals surface area contributed by atoms with Crippen LogP contribution < -0.4 is 0 Å². The molecule has 148 valence electrons. The van der Waals surface area contributed by atoms with Crippen LogP contribution in [0, 0.1) is 0 Å². The summed E-state index contributed by atoms with van der Waals surface area (Å²) in [4.78, 5) is 10.3. The van der Waals surface area contributed by atoms with Gasteiger partial charge >= 0.3 is 5.97 Å². The molecule has 0 atom stereocenters. The fourth-order valence-corrected chi connectivity index (χ4v) is 2.35. The van der Waals surface area contributed by atoms with E-state index in [4.69, 9.17) is 10.2 Å². The first-order chi connectivity index (χ1) is 11.5. The van der Waals surface area contributed by atoms with E-state index in [-0.39, 0.29) is 27.8 Å². The van der Waals surface area contributed by atoms with E-state index in [0.29, 0.717) is 6.42 Å². The predicted octanol–water partition coefficient (Wildman–Crippen LogP) is 6.49. The number of allylic oxidation sites excluding steroid dienone is 2. The zero-order chi connectivity index (χ0) is 18.5. The summed E-state index contributed by atoms with van der Waals surface area (Å²) >= 11 is 0. The number of hydrogen-bond acceptors (Lipinski definition) is 2. The largest absolute Gasteiger partial charge is 0.481 e. The molecule has 0 saturated carbocycles. The molecule has 0 aliphatic rings. The number of hydrogen-bond donors (Lipinski definition) is 2. The molecule has 3 nitrogen and oxygen atoms in total. The van der Waals surface area contributed by atoms with Crippen molar-refractivity contribution in [1.29, 1.82) is 0 Å². The van der Waals surface area contributed by atoms with Gasteiger partial charge in [0.1, 0.15) is 0 Å². The fourth-order valence-electron chi connectivity index (χ4n) is 2.35. The topological polar surface area (TPSA) is 57.5 Å². The van der Waals surface area contributed by atoms with Gasteiger partial charge in [-0.1, -0.05) is 70.4 Å². The quantitative estimate of drug-likeness (QED) is 0.191. The number of carboxylic acid groups (broad SMARTS) is 1. The molecule has 25 heavy (non-hydrogen) atoms. The minimum absolute atomic E-state index is 0. The third-order valence-corrected chi connectivity index (χ3v) is 3.65. The molecule has 0 heterocycles. The number of aliphatic hydroxyl groups excluding tert-OH is 1. The van der Waals surface area contributed by atoms with Gasteiger partial charge in [-0.15, -0.1) is 0 Å². The Morgan fingerprint density at radius 2 is 1.16 bits per heavy atom. The van der Waals surface area contributed by atoms with Crippen LogP contribution in [0.5, 0.6) is 0 Å². The normalized spacial score (nSPS) is 10.4. The van der Waals surface area contributed by atoms with Crippen molar-refractivity contribution >= 4 is 5.97 Å². The van der Waals surface area contributed by atoms with Crippen LogP contribution in [0.4, 0.5) is 0 Å². The second kappa shape index (κ2) is 26.1. The molecule has 0 aliphatic heterocycles. The van der Waals surface area contributed by atoms with Gasteiger partial charge in [-0.25, -0.2) is 0 Å². The average molecular weight is 390 g/mol. The summed E-state index contributed by atoms with van der Waals surface area (Å²) in [7, 11) is 0. The molecule has 0 bridgehead atoms. The van der Waals surface area contributed by atoms with E-state index in [1.165, 1.54) is 70.6 Å². The number of carbonyl (C=O) groups is 1. The summed E-state index contributed by atoms with van der Waals surface area (Å²) in [6.45, 7) is 5.70. The predicted molar refractivity (Wildman–Crippen MR) is 104 cm³/mol. The van der Waals surface area contributed by atoms with Crippen molar-refractivity contribution in [2.24, 2.45) is 0 Å². The first kappa shape index (κ1) is 29.6.